The molecule has 3 aromatic rings. The zero-order chi connectivity index (χ0) is 12.5. The molecule has 2 aromatic carbocycles. The molecule has 0 aliphatic heterocycles. The number of hydrogen-bond acceptors (Lipinski definition) is 1. The van der Waals surface area contributed by atoms with Crippen LogP contribution in [0.3, 0.4) is 0 Å². The first-order valence-electron chi connectivity index (χ1n) is 5.86. The van der Waals surface area contributed by atoms with E-state index in [2.05, 4.69) is 23.2 Å². The highest BCUT2D eigenvalue weighted by molar-refractivity contribution is 6.30. The van der Waals surface area contributed by atoms with Crippen LogP contribution in [0.4, 0.5) is 0 Å². The highest BCUT2D eigenvalue weighted by atomic mass is 35.5. The largest absolute Gasteiger partial charge is 0.260 e. The number of benzene rings is 2. The zero-order valence-corrected chi connectivity index (χ0v) is 10.8. The van der Waals surface area contributed by atoms with Gasteiger partial charge >= 0.3 is 0 Å². The van der Waals surface area contributed by atoms with E-state index < -0.39 is 0 Å². The van der Waals surface area contributed by atoms with E-state index in [1.165, 1.54) is 10.8 Å². The van der Waals surface area contributed by atoms with Crippen LogP contribution < -0.4 is 0 Å². The molecule has 3 rings (SSSR count). The van der Waals surface area contributed by atoms with Gasteiger partial charge in [0.1, 0.15) is 0 Å². The summed E-state index contributed by atoms with van der Waals surface area (Å²) in [5.41, 5.74) is 3.35. The topological polar surface area (TPSA) is 12.9 Å². The third-order valence-corrected chi connectivity index (χ3v) is 3.40. The molecule has 0 aliphatic carbocycles. The third-order valence-electron chi connectivity index (χ3n) is 3.15. The van der Waals surface area contributed by atoms with Crippen LogP contribution in [0.15, 0.2) is 54.7 Å². The van der Waals surface area contributed by atoms with Crippen LogP contribution in [0.1, 0.15) is 5.69 Å². The van der Waals surface area contributed by atoms with Crippen molar-refractivity contribution in [2.24, 2.45) is 0 Å². The number of nitrogens with zero attached hydrogens (tertiary/aromatic N) is 1. The molecule has 0 spiro atoms. The van der Waals surface area contributed by atoms with Crippen LogP contribution in [0.2, 0.25) is 5.02 Å². The minimum absolute atomic E-state index is 0.753. The second kappa shape index (κ2) is 4.43. The van der Waals surface area contributed by atoms with Gasteiger partial charge < -0.3 is 0 Å². The zero-order valence-electron chi connectivity index (χ0n) is 10.0. The quantitative estimate of drug-likeness (QED) is 0.603. The minimum Gasteiger partial charge on any atom is -0.260 e. The molecule has 18 heavy (non-hydrogen) atoms. The van der Waals surface area contributed by atoms with Gasteiger partial charge in [0.25, 0.3) is 0 Å². The van der Waals surface area contributed by atoms with Gasteiger partial charge in [-0.15, -0.1) is 0 Å². The summed E-state index contributed by atoms with van der Waals surface area (Å²) in [7, 11) is 0. The number of fused-ring (bicyclic) bond motifs is 1. The maximum absolute atomic E-state index is 5.93. The predicted molar refractivity (Wildman–Crippen MR) is 76.9 cm³/mol. The maximum Gasteiger partial charge on any atom is 0.0451 e. The van der Waals surface area contributed by atoms with Gasteiger partial charge in [0.2, 0.25) is 0 Å². The molecule has 0 unspecified atom stereocenters. The Morgan fingerprint density at radius 2 is 1.56 bits per heavy atom. The molecule has 0 atom stereocenters. The first kappa shape index (κ1) is 11.2. The van der Waals surface area contributed by atoms with Gasteiger partial charge in [-0.25, -0.2) is 0 Å². The lowest BCUT2D eigenvalue weighted by Crippen LogP contribution is -1.88. The molecule has 0 bridgehead atoms. The van der Waals surface area contributed by atoms with Crippen molar-refractivity contribution in [2.75, 3.05) is 0 Å². The monoisotopic (exact) mass is 253 g/mol. The molecule has 1 nitrogen and oxygen atoms in total. The van der Waals surface area contributed by atoms with Gasteiger partial charge in [0, 0.05) is 27.9 Å². The smallest absolute Gasteiger partial charge is 0.0451 e. The Morgan fingerprint density at radius 1 is 0.889 bits per heavy atom. The molecule has 0 N–H and O–H groups in total. The third kappa shape index (κ3) is 1.87. The fourth-order valence-corrected chi connectivity index (χ4v) is 2.32. The first-order chi connectivity index (χ1) is 8.75. The highest BCUT2D eigenvalue weighted by Crippen LogP contribution is 2.29. The fourth-order valence-electron chi connectivity index (χ4n) is 2.19. The van der Waals surface area contributed by atoms with Crippen molar-refractivity contribution >= 4 is 22.4 Å². The molecular formula is C16H12ClN. The molecular weight excluding hydrogens is 242 g/mol. The molecule has 0 radical (unpaired) electrons. The number of rotatable bonds is 1. The van der Waals surface area contributed by atoms with Gasteiger partial charge in [-0.3, -0.25) is 4.98 Å². The lowest BCUT2D eigenvalue weighted by atomic mass is 10.00. The molecule has 0 saturated heterocycles. The predicted octanol–water partition coefficient (Wildman–Crippen LogP) is 4.86. The van der Waals surface area contributed by atoms with E-state index in [4.69, 9.17) is 11.6 Å². The average Bonchev–Trinajstić information content (AvgIpc) is 2.41. The molecule has 88 valence electrons. The van der Waals surface area contributed by atoms with Crippen molar-refractivity contribution < 1.29 is 0 Å². The lowest BCUT2D eigenvalue weighted by Gasteiger charge is -2.08. The van der Waals surface area contributed by atoms with Crippen LogP contribution in [-0.4, -0.2) is 4.98 Å². The Kier molecular flexibility index (Phi) is 2.77. The number of aryl methyl sites for hydroxylation is 1. The van der Waals surface area contributed by atoms with E-state index >= 15 is 0 Å². The molecule has 0 saturated carbocycles. The molecule has 1 aromatic heterocycles. The van der Waals surface area contributed by atoms with Crippen molar-refractivity contribution in [3.63, 3.8) is 0 Å². The normalized spacial score (nSPS) is 10.8. The minimum atomic E-state index is 0.753. The van der Waals surface area contributed by atoms with Gasteiger partial charge in [-0.2, -0.15) is 0 Å². The van der Waals surface area contributed by atoms with Crippen LogP contribution in [0.25, 0.3) is 21.9 Å². The Balaban J connectivity index is 2.30. The number of pyridine rings is 1. The number of hydrogen-bond donors (Lipinski definition) is 0. The SMILES string of the molecule is Cc1ncc(-c2ccc(Cl)cc2)c2ccccc12. The van der Waals surface area contributed by atoms with Gasteiger partial charge in [-0.05, 0) is 30.0 Å². The van der Waals surface area contributed by atoms with Gasteiger partial charge in [-0.1, -0.05) is 48.0 Å². The summed E-state index contributed by atoms with van der Waals surface area (Å²) in [4.78, 5) is 4.47. The number of aromatic nitrogens is 1. The van der Waals surface area contributed by atoms with Gasteiger partial charge in [0.15, 0.2) is 0 Å². The Labute approximate surface area is 111 Å². The second-order valence-electron chi connectivity index (χ2n) is 4.31. The lowest BCUT2D eigenvalue weighted by molar-refractivity contribution is 1.24. The van der Waals surface area contributed by atoms with E-state index in [0.29, 0.717) is 0 Å². The Morgan fingerprint density at radius 3 is 2.28 bits per heavy atom. The second-order valence-corrected chi connectivity index (χ2v) is 4.75. The summed E-state index contributed by atoms with van der Waals surface area (Å²) >= 11 is 5.93. The summed E-state index contributed by atoms with van der Waals surface area (Å²) in [5, 5.41) is 3.18. The van der Waals surface area contributed by atoms with E-state index in [0.717, 1.165) is 21.8 Å². The molecule has 0 aliphatic rings. The van der Waals surface area contributed by atoms with E-state index in [9.17, 15) is 0 Å². The average molecular weight is 254 g/mol. The first-order valence-corrected chi connectivity index (χ1v) is 6.24. The summed E-state index contributed by atoms with van der Waals surface area (Å²) in [6.45, 7) is 2.04. The molecule has 1 heterocycles. The van der Waals surface area contributed by atoms with E-state index in [1.54, 1.807) is 0 Å². The molecule has 0 fully saturated rings. The fraction of sp³-hybridized carbons (Fsp3) is 0.0625. The summed E-state index contributed by atoms with van der Waals surface area (Å²) in [6.07, 6.45) is 1.93. The van der Waals surface area contributed by atoms with Crippen molar-refractivity contribution in [3.8, 4) is 11.1 Å². The standard InChI is InChI=1S/C16H12ClN/c1-11-14-4-2-3-5-15(14)16(10-18-11)12-6-8-13(17)9-7-12/h2-10H,1H3. The maximum atomic E-state index is 5.93. The molecule has 2 heteroatoms. The van der Waals surface area contributed by atoms with E-state index in [1.807, 2.05) is 43.5 Å². The molecule has 0 amide bonds. The van der Waals surface area contributed by atoms with Crippen LogP contribution >= 0.6 is 11.6 Å². The summed E-state index contributed by atoms with van der Waals surface area (Å²) < 4.78 is 0. The highest BCUT2D eigenvalue weighted by Gasteiger charge is 2.06. The van der Waals surface area contributed by atoms with Crippen molar-refractivity contribution in [1.82, 2.24) is 4.98 Å². The van der Waals surface area contributed by atoms with Crippen LogP contribution in [0.5, 0.6) is 0 Å². The van der Waals surface area contributed by atoms with Crippen LogP contribution in [-0.2, 0) is 0 Å². The Hall–Kier alpha value is -1.86. The Bertz CT molecular complexity index is 702. The van der Waals surface area contributed by atoms with Crippen molar-refractivity contribution in [2.45, 2.75) is 6.92 Å². The van der Waals surface area contributed by atoms with Crippen molar-refractivity contribution in [1.29, 1.82) is 0 Å². The van der Waals surface area contributed by atoms with Crippen LogP contribution in [0, 0.1) is 6.92 Å². The van der Waals surface area contributed by atoms with Gasteiger partial charge in [0.05, 0.1) is 0 Å². The summed E-state index contributed by atoms with van der Waals surface area (Å²) in [6, 6.07) is 16.2. The number of halogens is 1. The summed E-state index contributed by atoms with van der Waals surface area (Å²) in [5.74, 6) is 0. The van der Waals surface area contributed by atoms with Crippen molar-refractivity contribution in [3.05, 3.63) is 65.4 Å². The van der Waals surface area contributed by atoms with E-state index in [-0.39, 0.29) is 0 Å².